The summed E-state index contributed by atoms with van der Waals surface area (Å²) in [5.74, 6) is -0.0400. The number of hydrogen-bond donors (Lipinski definition) is 2. The molecule has 0 aromatic heterocycles. The summed E-state index contributed by atoms with van der Waals surface area (Å²) in [6.45, 7) is 5.34. The molecule has 1 heterocycles. The first kappa shape index (κ1) is 13.8. The Morgan fingerprint density at radius 1 is 1.56 bits per heavy atom. The van der Waals surface area contributed by atoms with Crippen molar-refractivity contribution in [3.8, 4) is 0 Å². The zero-order valence-electron chi connectivity index (χ0n) is 10.5. The highest BCUT2D eigenvalue weighted by atomic mass is 127. The molecule has 1 amide bonds. The van der Waals surface area contributed by atoms with E-state index in [4.69, 9.17) is 4.74 Å². The number of rotatable bonds is 2. The number of carbonyl (C=O) groups excluding carboxylic acids is 1. The van der Waals surface area contributed by atoms with Crippen molar-refractivity contribution in [3.05, 3.63) is 27.3 Å². The van der Waals surface area contributed by atoms with Gasteiger partial charge in [-0.15, -0.1) is 0 Å². The molecule has 0 bridgehead atoms. The van der Waals surface area contributed by atoms with Gasteiger partial charge >= 0.3 is 0 Å². The minimum Gasteiger partial charge on any atom is -0.375 e. The summed E-state index contributed by atoms with van der Waals surface area (Å²) < 4.78 is 6.61. The van der Waals surface area contributed by atoms with Crippen LogP contribution < -0.4 is 10.6 Å². The number of amides is 1. The zero-order valence-corrected chi connectivity index (χ0v) is 12.7. The van der Waals surface area contributed by atoms with Crippen LogP contribution in [0.25, 0.3) is 0 Å². The van der Waals surface area contributed by atoms with Crippen LogP contribution in [0.15, 0.2) is 18.2 Å². The Morgan fingerprint density at radius 2 is 2.33 bits per heavy atom. The van der Waals surface area contributed by atoms with Crippen LogP contribution in [0.1, 0.15) is 12.5 Å². The number of carbonyl (C=O) groups is 1. The molecule has 2 rings (SSSR count). The van der Waals surface area contributed by atoms with Gasteiger partial charge in [0.15, 0.2) is 0 Å². The second-order valence-electron chi connectivity index (χ2n) is 4.46. The number of ether oxygens (including phenoxy) is 1. The quantitative estimate of drug-likeness (QED) is 0.793. The van der Waals surface area contributed by atoms with Crippen molar-refractivity contribution in [2.75, 3.05) is 18.5 Å². The molecule has 98 valence electrons. The molecule has 4 nitrogen and oxygen atoms in total. The van der Waals surface area contributed by atoms with E-state index in [0.717, 1.165) is 9.26 Å². The Balaban J connectivity index is 2.04. The van der Waals surface area contributed by atoms with Crippen molar-refractivity contribution in [3.63, 3.8) is 0 Å². The lowest BCUT2D eigenvalue weighted by atomic mass is 10.1. The summed E-state index contributed by atoms with van der Waals surface area (Å²) in [6.07, 6.45) is -0.0942. The third-order valence-electron chi connectivity index (χ3n) is 3.04. The van der Waals surface area contributed by atoms with Crippen LogP contribution in [-0.2, 0) is 9.53 Å². The zero-order chi connectivity index (χ0) is 13.1. The molecule has 2 N–H and O–H groups in total. The van der Waals surface area contributed by atoms with Gasteiger partial charge in [-0.3, -0.25) is 4.79 Å². The van der Waals surface area contributed by atoms with E-state index in [1.807, 2.05) is 32.0 Å². The van der Waals surface area contributed by atoms with Crippen LogP contribution in [0.2, 0.25) is 0 Å². The van der Waals surface area contributed by atoms with E-state index in [9.17, 15) is 4.79 Å². The summed E-state index contributed by atoms with van der Waals surface area (Å²) in [7, 11) is 0. The molecule has 1 saturated heterocycles. The van der Waals surface area contributed by atoms with E-state index in [2.05, 4.69) is 33.2 Å². The maximum Gasteiger partial charge on any atom is 0.244 e. The number of morpholine rings is 1. The van der Waals surface area contributed by atoms with Gasteiger partial charge in [-0.1, -0.05) is 6.07 Å². The van der Waals surface area contributed by atoms with Gasteiger partial charge in [-0.2, -0.15) is 0 Å². The summed E-state index contributed by atoms with van der Waals surface area (Å²) in [6, 6.07) is 5.62. The summed E-state index contributed by atoms with van der Waals surface area (Å²) in [5.41, 5.74) is 2.04. The lowest BCUT2D eigenvalue weighted by Crippen LogP contribution is -2.53. The normalized spacial score (nSPS) is 23.7. The molecule has 1 aromatic carbocycles. The number of hydrogen-bond acceptors (Lipinski definition) is 3. The van der Waals surface area contributed by atoms with E-state index in [-0.39, 0.29) is 18.1 Å². The molecule has 1 fully saturated rings. The molecule has 0 unspecified atom stereocenters. The molecular formula is C13H17IN2O2. The molecule has 18 heavy (non-hydrogen) atoms. The molecular weight excluding hydrogens is 343 g/mol. The van der Waals surface area contributed by atoms with Gasteiger partial charge < -0.3 is 15.4 Å². The predicted octanol–water partition coefficient (Wildman–Crippen LogP) is 1.92. The van der Waals surface area contributed by atoms with E-state index < -0.39 is 0 Å². The van der Waals surface area contributed by atoms with Gasteiger partial charge in [0.05, 0.1) is 12.7 Å². The predicted molar refractivity (Wildman–Crippen MR) is 79.7 cm³/mol. The summed E-state index contributed by atoms with van der Waals surface area (Å²) in [4.78, 5) is 12.1. The fraction of sp³-hybridized carbons (Fsp3) is 0.462. The fourth-order valence-electron chi connectivity index (χ4n) is 1.92. The van der Waals surface area contributed by atoms with E-state index in [1.165, 1.54) is 5.56 Å². The lowest BCUT2D eigenvalue weighted by Gasteiger charge is -2.29. The van der Waals surface area contributed by atoms with Crippen molar-refractivity contribution in [2.45, 2.75) is 26.0 Å². The minimum atomic E-state index is -0.280. The highest BCUT2D eigenvalue weighted by Gasteiger charge is 2.28. The van der Waals surface area contributed by atoms with Gasteiger partial charge in [0.2, 0.25) is 5.91 Å². The van der Waals surface area contributed by atoms with E-state index >= 15 is 0 Å². The van der Waals surface area contributed by atoms with E-state index in [1.54, 1.807) is 0 Å². The average Bonchev–Trinajstić information content (AvgIpc) is 2.34. The van der Waals surface area contributed by atoms with Gasteiger partial charge in [0.1, 0.15) is 6.04 Å². The van der Waals surface area contributed by atoms with Crippen LogP contribution >= 0.6 is 22.6 Å². The second kappa shape index (κ2) is 5.99. The third kappa shape index (κ3) is 3.21. The lowest BCUT2D eigenvalue weighted by molar-refractivity contribution is -0.123. The van der Waals surface area contributed by atoms with Gasteiger partial charge in [0, 0.05) is 15.8 Å². The van der Waals surface area contributed by atoms with Crippen molar-refractivity contribution in [2.24, 2.45) is 0 Å². The Morgan fingerprint density at radius 3 is 3.00 bits per heavy atom. The first-order valence-corrected chi connectivity index (χ1v) is 7.08. The van der Waals surface area contributed by atoms with Crippen molar-refractivity contribution in [1.82, 2.24) is 5.32 Å². The molecule has 0 spiro atoms. The first-order valence-electron chi connectivity index (χ1n) is 6.00. The molecule has 0 aliphatic carbocycles. The highest BCUT2D eigenvalue weighted by molar-refractivity contribution is 14.1. The largest absolute Gasteiger partial charge is 0.375 e. The molecule has 0 saturated carbocycles. The topological polar surface area (TPSA) is 50.4 Å². The molecule has 0 radical (unpaired) electrons. The Kier molecular flexibility index (Phi) is 4.58. The number of halogens is 1. The van der Waals surface area contributed by atoms with E-state index in [0.29, 0.717) is 13.2 Å². The van der Waals surface area contributed by atoms with Crippen molar-refractivity contribution in [1.29, 1.82) is 0 Å². The molecule has 1 aromatic rings. The van der Waals surface area contributed by atoms with Crippen LogP contribution in [0, 0.1) is 10.5 Å². The maximum absolute atomic E-state index is 12.1. The molecule has 1 aliphatic rings. The van der Waals surface area contributed by atoms with Crippen LogP contribution in [-0.4, -0.2) is 31.2 Å². The first-order chi connectivity index (χ1) is 8.58. The summed E-state index contributed by atoms with van der Waals surface area (Å²) >= 11 is 2.26. The van der Waals surface area contributed by atoms with Crippen molar-refractivity contribution < 1.29 is 9.53 Å². The van der Waals surface area contributed by atoms with Crippen molar-refractivity contribution >= 4 is 34.2 Å². The molecule has 1 aliphatic heterocycles. The number of anilines is 1. The second-order valence-corrected chi connectivity index (χ2v) is 5.62. The molecule has 2 atom stereocenters. The average molecular weight is 360 g/mol. The molecule has 5 heteroatoms. The summed E-state index contributed by atoms with van der Waals surface area (Å²) in [5, 5.41) is 6.10. The van der Waals surface area contributed by atoms with Crippen LogP contribution in [0.4, 0.5) is 5.69 Å². The SMILES string of the molecule is Cc1ccc(NC(=O)[C@H]2NCCO[C@@H]2C)cc1I. The van der Waals surface area contributed by atoms with Crippen LogP contribution in [0.3, 0.4) is 0 Å². The fourth-order valence-corrected chi connectivity index (χ4v) is 2.43. The third-order valence-corrected chi connectivity index (χ3v) is 4.20. The maximum atomic E-state index is 12.1. The Labute approximate surface area is 121 Å². The minimum absolute atomic E-state index is 0.0400. The van der Waals surface area contributed by atoms with Gasteiger partial charge in [0.25, 0.3) is 0 Å². The number of nitrogens with one attached hydrogen (secondary N) is 2. The number of aryl methyl sites for hydroxylation is 1. The number of benzene rings is 1. The Hall–Kier alpha value is -0.660. The monoisotopic (exact) mass is 360 g/mol. The van der Waals surface area contributed by atoms with Crippen LogP contribution in [0.5, 0.6) is 0 Å². The highest BCUT2D eigenvalue weighted by Crippen LogP contribution is 2.17. The Bertz CT molecular complexity index is 451. The van der Waals surface area contributed by atoms with Gasteiger partial charge in [-0.05, 0) is 54.1 Å². The smallest absolute Gasteiger partial charge is 0.244 e. The standard InChI is InChI=1S/C13H17IN2O2/c1-8-3-4-10(7-11(8)14)16-13(17)12-9(2)18-6-5-15-12/h3-4,7,9,12,15H,5-6H2,1-2H3,(H,16,17)/t9-,12+/m1/s1. The van der Waals surface area contributed by atoms with Gasteiger partial charge in [-0.25, -0.2) is 0 Å².